The minimum atomic E-state index is -0.337. The van der Waals surface area contributed by atoms with E-state index in [1.807, 2.05) is 0 Å². The van der Waals surface area contributed by atoms with E-state index in [0.29, 0.717) is 6.54 Å². The average molecular weight is 213 g/mol. The van der Waals surface area contributed by atoms with Crippen molar-refractivity contribution in [1.82, 2.24) is 4.90 Å². The van der Waals surface area contributed by atoms with Crippen molar-refractivity contribution in [2.24, 2.45) is 0 Å². The van der Waals surface area contributed by atoms with E-state index in [1.165, 1.54) is 0 Å². The largest absolute Gasteiger partial charge is 0.445 e. The predicted octanol–water partition coefficient (Wildman–Crippen LogP) is 1.55. The van der Waals surface area contributed by atoms with Crippen LogP contribution in [0.25, 0.3) is 0 Å². The molecule has 1 amide bonds. The molecule has 1 heterocycles. The first kappa shape index (κ1) is 12.0. The van der Waals surface area contributed by atoms with E-state index in [1.54, 1.807) is 11.0 Å². The van der Waals surface area contributed by atoms with E-state index < -0.39 is 0 Å². The standard InChI is InChI=1S/C11H19NO3/c1-2-8-15-11(14)12-7-5-3-4-6-10(12)9-13/h2,10,13H,1,3-9H2. The summed E-state index contributed by atoms with van der Waals surface area (Å²) in [6.07, 6.45) is 5.23. The van der Waals surface area contributed by atoms with Gasteiger partial charge in [0, 0.05) is 6.54 Å². The molecule has 0 spiro atoms. The minimum absolute atomic E-state index is 0.0171. The van der Waals surface area contributed by atoms with Crippen molar-refractivity contribution in [1.29, 1.82) is 0 Å². The van der Waals surface area contributed by atoms with Crippen molar-refractivity contribution in [3.8, 4) is 0 Å². The second-order valence-corrected chi connectivity index (χ2v) is 3.74. The molecule has 0 aliphatic carbocycles. The molecule has 1 fully saturated rings. The van der Waals surface area contributed by atoms with Gasteiger partial charge in [-0.15, -0.1) is 0 Å². The number of carbonyl (C=O) groups is 1. The van der Waals surface area contributed by atoms with Crippen LogP contribution in [-0.4, -0.2) is 41.9 Å². The van der Waals surface area contributed by atoms with Gasteiger partial charge in [-0.3, -0.25) is 0 Å². The summed E-state index contributed by atoms with van der Waals surface area (Å²) < 4.78 is 4.98. The van der Waals surface area contributed by atoms with E-state index in [4.69, 9.17) is 4.74 Å². The Morgan fingerprint density at radius 1 is 1.53 bits per heavy atom. The third-order valence-electron chi connectivity index (χ3n) is 2.65. The molecule has 0 aromatic rings. The number of rotatable bonds is 3. The molecule has 4 nitrogen and oxygen atoms in total. The fourth-order valence-electron chi connectivity index (χ4n) is 1.82. The molecule has 1 N–H and O–H groups in total. The Bertz CT molecular complexity index is 218. The summed E-state index contributed by atoms with van der Waals surface area (Å²) in [5, 5.41) is 9.19. The van der Waals surface area contributed by atoms with Gasteiger partial charge in [0.1, 0.15) is 6.61 Å². The van der Waals surface area contributed by atoms with Gasteiger partial charge in [0.2, 0.25) is 0 Å². The first-order valence-electron chi connectivity index (χ1n) is 5.44. The van der Waals surface area contributed by atoms with Crippen molar-refractivity contribution in [2.75, 3.05) is 19.8 Å². The molecule has 1 saturated heterocycles. The summed E-state index contributed by atoms with van der Waals surface area (Å²) in [5.74, 6) is 0. The summed E-state index contributed by atoms with van der Waals surface area (Å²) >= 11 is 0. The second kappa shape index (κ2) is 6.45. The fourth-order valence-corrected chi connectivity index (χ4v) is 1.82. The summed E-state index contributed by atoms with van der Waals surface area (Å²) in [6, 6.07) is -0.0789. The van der Waals surface area contributed by atoms with Crippen molar-refractivity contribution < 1.29 is 14.6 Å². The lowest BCUT2D eigenvalue weighted by Crippen LogP contribution is -2.42. The molecule has 0 aromatic carbocycles. The molecule has 0 aromatic heterocycles. The fraction of sp³-hybridized carbons (Fsp3) is 0.727. The van der Waals surface area contributed by atoms with Crippen LogP contribution in [-0.2, 0) is 4.74 Å². The molecule has 0 radical (unpaired) electrons. The van der Waals surface area contributed by atoms with Crippen molar-refractivity contribution >= 4 is 6.09 Å². The van der Waals surface area contributed by atoms with Crippen LogP contribution in [0.4, 0.5) is 4.79 Å². The van der Waals surface area contributed by atoms with Crippen molar-refractivity contribution in [3.63, 3.8) is 0 Å². The number of likely N-dealkylation sites (tertiary alicyclic amines) is 1. The Morgan fingerprint density at radius 2 is 2.33 bits per heavy atom. The second-order valence-electron chi connectivity index (χ2n) is 3.74. The lowest BCUT2D eigenvalue weighted by Gasteiger charge is -2.27. The number of aliphatic hydroxyl groups is 1. The third-order valence-corrected chi connectivity index (χ3v) is 2.65. The Kier molecular flexibility index (Phi) is 5.18. The van der Waals surface area contributed by atoms with Crippen LogP contribution in [0.5, 0.6) is 0 Å². The predicted molar refractivity (Wildman–Crippen MR) is 57.6 cm³/mol. The van der Waals surface area contributed by atoms with Crippen LogP contribution in [0.3, 0.4) is 0 Å². The zero-order valence-electron chi connectivity index (χ0n) is 9.02. The smallest absolute Gasteiger partial charge is 0.410 e. The lowest BCUT2D eigenvalue weighted by atomic mass is 10.1. The van der Waals surface area contributed by atoms with Crippen LogP contribution >= 0.6 is 0 Å². The van der Waals surface area contributed by atoms with E-state index in [-0.39, 0.29) is 25.3 Å². The molecule has 4 heteroatoms. The zero-order chi connectivity index (χ0) is 11.1. The molecule has 1 atom stereocenters. The zero-order valence-corrected chi connectivity index (χ0v) is 9.02. The summed E-state index contributed by atoms with van der Waals surface area (Å²) in [4.78, 5) is 13.3. The maximum atomic E-state index is 11.6. The van der Waals surface area contributed by atoms with E-state index >= 15 is 0 Å². The highest BCUT2D eigenvalue weighted by Crippen LogP contribution is 2.17. The van der Waals surface area contributed by atoms with Crippen LogP contribution < -0.4 is 0 Å². The quantitative estimate of drug-likeness (QED) is 0.723. The van der Waals surface area contributed by atoms with E-state index in [0.717, 1.165) is 25.7 Å². The minimum Gasteiger partial charge on any atom is -0.445 e. The van der Waals surface area contributed by atoms with Gasteiger partial charge in [-0.25, -0.2) is 4.79 Å². The number of amides is 1. The Morgan fingerprint density at radius 3 is 3.00 bits per heavy atom. The van der Waals surface area contributed by atoms with Crippen LogP contribution in [0.1, 0.15) is 25.7 Å². The van der Waals surface area contributed by atoms with Gasteiger partial charge < -0.3 is 14.7 Å². The summed E-state index contributed by atoms with van der Waals surface area (Å²) in [7, 11) is 0. The summed E-state index contributed by atoms with van der Waals surface area (Å²) in [6.45, 7) is 4.42. The van der Waals surface area contributed by atoms with Crippen LogP contribution in [0.15, 0.2) is 12.7 Å². The van der Waals surface area contributed by atoms with Crippen molar-refractivity contribution in [3.05, 3.63) is 12.7 Å². The van der Waals surface area contributed by atoms with Gasteiger partial charge in [0.25, 0.3) is 0 Å². The van der Waals surface area contributed by atoms with Gasteiger partial charge in [-0.2, -0.15) is 0 Å². The number of hydrogen-bond acceptors (Lipinski definition) is 3. The van der Waals surface area contributed by atoms with E-state index in [9.17, 15) is 9.90 Å². The molecule has 1 aliphatic rings. The van der Waals surface area contributed by atoms with Crippen molar-refractivity contribution in [2.45, 2.75) is 31.7 Å². The maximum absolute atomic E-state index is 11.6. The topological polar surface area (TPSA) is 49.8 Å². The number of carbonyl (C=O) groups excluding carboxylic acids is 1. The van der Waals surface area contributed by atoms with Gasteiger partial charge >= 0.3 is 6.09 Å². The lowest BCUT2D eigenvalue weighted by molar-refractivity contribution is 0.0769. The number of aliphatic hydroxyl groups excluding tert-OH is 1. The number of nitrogens with zero attached hydrogens (tertiary/aromatic N) is 1. The van der Waals surface area contributed by atoms with Crippen LogP contribution in [0, 0.1) is 0 Å². The molecule has 1 unspecified atom stereocenters. The monoisotopic (exact) mass is 213 g/mol. The maximum Gasteiger partial charge on any atom is 0.410 e. The van der Waals surface area contributed by atoms with Gasteiger partial charge in [-0.1, -0.05) is 25.5 Å². The highest BCUT2D eigenvalue weighted by Gasteiger charge is 2.25. The highest BCUT2D eigenvalue weighted by atomic mass is 16.6. The molecule has 15 heavy (non-hydrogen) atoms. The van der Waals surface area contributed by atoms with E-state index in [2.05, 4.69) is 6.58 Å². The van der Waals surface area contributed by atoms with Crippen LogP contribution in [0.2, 0.25) is 0 Å². The molecule has 0 saturated carbocycles. The number of ether oxygens (including phenoxy) is 1. The molecule has 0 bridgehead atoms. The third kappa shape index (κ3) is 3.55. The Balaban J connectivity index is 2.53. The average Bonchev–Trinajstić information content (AvgIpc) is 2.50. The molecular weight excluding hydrogens is 194 g/mol. The normalized spacial score (nSPS) is 21.9. The van der Waals surface area contributed by atoms with Gasteiger partial charge in [0.05, 0.1) is 12.6 Å². The van der Waals surface area contributed by atoms with Gasteiger partial charge in [0.15, 0.2) is 0 Å². The molecule has 86 valence electrons. The highest BCUT2D eigenvalue weighted by molar-refractivity contribution is 5.68. The number of hydrogen-bond donors (Lipinski definition) is 1. The first-order chi connectivity index (χ1) is 7.29. The Labute approximate surface area is 90.5 Å². The molecule has 1 aliphatic heterocycles. The molecule has 1 rings (SSSR count). The Hall–Kier alpha value is -1.03. The SMILES string of the molecule is C=CCOC(=O)N1CCCCCC1CO. The first-order valence-corrected chi connectivity index (χ1v) is 5.44. The molecular formula is C11H19NO3. The summed E-state index contributed by atoms with van der Waals surface area (Å²) in [5.41, 5.74) is 0. The van der Waals surface area contributed by atoms with Gasteiger partial charge in [-0.05, 0) is 12.8 Å².